The number of aryl methyl sites for hydroxylation is 1. The first-order chi connectivity index (χ1) is 4.75. The second kappa shape index (κ2) is 2.01. The minimum absolute atomic E-state index is 0.473. The van der Waals surface area contributed by atoms with Gasteiger partial charge in [0.05, 0.1) is 0 Å². The van der Waals surface area contributed by atoms with Crippen LogP contribution in [0.15, 0.2) is 16.5 Å². The molecule has 0 bridgehead atoms. The van der Waals surface area contributed by atoms with Crippen LogP contribution >= 0.6 is 22.9 Å². The molecule has 52 valence electrons. The van der Waals surface area contributed by atoms with Crippen molar-refractivity contribution in [2.24, 2.45) is 0 Å². The molecule has 0 aromatic carbocycles. The zero-order valence-corrected chi connectivity index (χ0v) is 6.92. The van der Waals surface area contributed by atoms with E-state index in [0.29, 0.717) is 5.22 Å². The topological polar surface area (TPSA) is 13.1 Å². The van der Waals surface area contributed by atoms with Gasteiger partial charge in [-0.05, 0) is 24.6 Å². The molecule has 2 aromatic rings. The molecule has 3 heteroatoms. The lowest BCUT2D eigenvalue weighted by molar-refractivity contribution is 0.626. The Morgan fingerprint density at radius 3 is 3.00 bits per heavy atom. The van der Waals surface area contributed by atoms with Gasteiger partial charge in [0.1, 0.15) is 0 Å². The molecule has 0 amide bonds. The minimum atomic E-state index is 0.473. The van der Waals surface area contributed by atoms with Crippen molar-refractivity contribution in [2.75, 3.05) is 0 Å². The number of rotatable bonds is 0. The molecular formula is C7H5ClOS. The maximum absolute atomic E-state index is 5.62. The third kappa shape index (κ3) is 0.842. The lowest BCUT2D eigenvalue weighted by atomic mass is 10.4. The predicted octanol–water partition coefficient (Wildman–Crippen LogP) is 3.46. The van der Waals surface area contributed by atoms with Gasteiger partial charge >= 0.3 is 0 Å². The van der Waals surface area contributed by atoms with Crippen molar-refractivity contribution in [3.05, 3.63) is 22.2 Å². The van der Waals surface area contributed by atoms with E-state index < -0.39 is 0 Å². The van der Waals surface area contributed by atoms with Crippen molar-refractivity contribution in [3.63, 3.8) is 0 Å². The summed E-state index contributed by atoms with van der Waals surface area (Å²) in [5, 5.41) is 1.58. The molecule has 0 N–H and O–H groups in total. The normalized spacial score (nSPS) is 11.0. The largest absolute Gasteiger partial charge is 0.434 e. The van der Waals surface area contributed by atoms with Crippen molar-refractivity contribution >= 4 is 33.2 Å². The van der Waals surface area contributed by atoms with Crippen LogP contribution in [0.3, 0.4) is 0 Å². The molecule has 0 spiro atoms. The number of furan rings is 1. The molecular weight excluding hydrogens is 168 g/mol. The van der Waals surface area contributed by atoms with Gasteiger partial charge in [-0.2, -0.15) is 0 Å². The van der Waals surface area contributed by atoms with Crippen LogP contribution in [0.1, 0.15) is 4.88 Å². The third-order valence-electron chi connectivity index (χ3n) is 1.31. The summed E-state index contributed by atoms with van der Waals surface area (Å²) in [7, 11) is 0. The van der Waals surface area contributed by atoms with Crippen LogP contribution < -0.4 is 0 Å². The van der Waals surface area contributed by atoms with Crippen LogP contribution in [0.2, 0.25) is 5.22 Å². The van der Waals surface area contributed by atoms with E-state index in [4.69, 9.17) is 16.0 Å². The average molecular weight is 173 g/mol. The highest BCUT2D eigenvalue weighted by Gasteiger charge is 2.03. The monoisotopic (exact) mass is 172 g/mol. The summed E-state index contributed by atoms with van der Waals surface area (Å²) < 4.78 is 5.17. The van der Waals surface area contributed by atoms with Gasteiger partial charge < -0.3 is 4.42 Å². The summed E-state index contributed by atoms with van der Waals surface area (Å²) >= 11 is 7.24. The number of hydrogen-bond acceptors (Lipinski definition) is 2. The summed E-state index contributed by atoms with van der Waals surface area (Å²) in [4.78, 5) is 2.17. The Hall–Kier alpha value is -0.470. The van der Waals surface area contributed by atoms with Gasteiger partial charge in [-0.25, -0.2) is 0 Å². The lowest BCUT2D eigenvalue weighted by Crippen LogP contribution is -1.49. The van der Waals surface area contributed by atoms with E-state index in [-0.39, 0.29) is 0 Å². The molecule has 0 fully saturated rings. The van der Waals surface area contributed by atoms with Crippen molar-refractivity contribution in [1.82, 2.24) is 0 Å². The Kier molecular flexibility index (Phi) is 1.25. The smallest absolute Gasteiger partial charge is 0.195 e. The quantitative estimate of drug-likeness (QED) is 0.593. The van der Waals surface area contributed by atoms with Crippen LogP contribution in [0.25, 0.3) is 10.3 Å². The van der Waals surface area contributed by atoms with Crippen LogP contribution in [0.4, 0.5) is 0 Å². The van der Waals surface area contributed by atoms with Gasteiger partial charge in [0.2, 0.25) is 0 Å². The maximum Gasteiger partial charge on any atom is 0.195 e. The first-order valence-corrected chi connectivity index (χ1v) is 4.10. The van der Waals surface area contributed by atoms with E-state index >= 15 is 0 Å². The molecule has 0 radical (unpaired) electrons. The fraction of sp³-hybridized carbons (Fsp3) is 0.143. The molecule has 2 aromatic heterocycles. The molecule has 0 atom stereocenters. The Morgan fingerprint density at radius 1 is 1.50 bits per heavy atom. The molecule has 0 aliphatic rings. The fourth-order valence-corrected chi connectivity index (χ4v) is 2.02. The summed E-state index contributed by atoms with van der Waals surface area (Å²) in [6.07, 6.45) is 0. The number of thiophene rings is 1. The maximum atomic E-state index is 5.62. The van der Waals surface area contributed by atoms with Gasteiger partial charge in [-0.3, -0.25) is 0 Å². The van der Waals surface area contributed by atoms with Gasteiger partial charge in [0.25, 0.3) is 0 Å². The standard InChI is InChI=1S/C7H5ClOS/c1-4-2-5-3-6(8)9-7(5)10-4/h2-3H,1H3. The van der Waals surface area contributed by atoms with E-state index in [1.54, 1.807) is 11.3 Å². The first-order valence-electron chi connectivity index (χ1n) is 2.91. The molecule has 0 unspecified atom stereocenters. The van der Waals surface area contributed by atoms with Gasteiger partial charge in [-0.1, -0.05) is 0 Å². The lowest BCUT2D eigenvalue weighted by Gasteiger charge is -1.74. The Morgan fingerprint density at radius 2 is 2.30 bits per heavy atom. The molecule has 1 nitrogen and oxygen atoms in total. The Bertz CT molecular complexity index is 297. The summed E-state index contributed by atoms with van der Waals surface area (Å²) in [5.41, 5.74) is 0. The van der Waals surface area contributed by atoms with Crippen molar-refractivity contribution in [3.8, 4) is 0 Å². The van der Waals surface area contributed by atoms with E-state index in [1.807, 2.05) is 13.0 Å². The highest BCUT2D eigenvalue weighted by atomic mass is 35.5. The zero-order chi connectivity index (χ0) is 7.14. The summed E-state index contributed by atoms with van der Waals surface area (Å²) in [6.45, 7) is 2.05. The molecule has 10 heavy (non-hydrogen) atoms. The van der Waals surface area contributed by atoms with Gasteiger partial charge in [0.15, 0.2) is 10.1 Å². The summed E-state index contributed by atoms with van der Waals surface area (Å²) in [5.74, 6) is 0. The van der Waals surface area contributed by atoms with E-state index in [0.717, 1.165) is 10.3 Å². The van der Waals surface area contributed by atoms with E-state index in [1.165, 1.54) is 4.88 Å². The molecule has 0 aliphatic heterocycles. The van der Waals surface area contributed by atoms with Crippen molar-refractivity contribution in [2.45, 2.75) is 6.92 Å². The second-order valence-corrected chi connectivity index (χ2v) is 3.74. The molecule has 0 saturated carbocycles. The Labute approximate surface area is 67.2 Å². The fourth-order valence-electron chi connectivity index (χ4n) is 0.933. The van der Waals surface area contributed by atoms with Crippen LogP contribution in [0, 0.1) is 6.92 Å². The second-order valence-electron chi connectivity index (χ2n) is 2.15. The minimum Gasteiger partial charge on any atom is -0.434 e. The van der Waals surface area contributed by atoms with Crippen LogP contribution in [0.5, 0.6) is 0 Å². The zero-order valence-electron chi connectivity index (χ0n) is 5.35. The predicted molar refractivity (Wildman–Crippen MR) is 43.8 cm³/mol. The average Bonchev–Trinajstić information content (AvgIpc) is 2.21. The number of fused-ring (bicyclic) bond motifs is 1. The van der Waals surface area contributed by atoms with Crippen LogP contribution in [-0.4, -0.2) is 0 Å². The highest BCUT2D eigenvalue weighted by molar-refractivity contribution is 7.18. The van der Waals surface area contributed by atoms with Crippen LogP contribution in [-0.2, 0) is 0 Å². The van der Waals surface area contributed by atoms with Gasteiger partial charge in [-0.15, -0.1) is 11.3 Å². The molecule has 2 rings (SSSR count). The molecule has 0 aliphatic carbocycles. The van der Waals surface area contributed by atoms with Gasteiger partial charge in [0, 0.05) is 16.3 Å². The Balaban J connectivity index is 2.83. The van der Waals surface area contributed by atoms with Crippen molar-refractivity contribution < 1.29 is 4.42 Å². The molecule has 2 heterocycles. The van der Waals surface area contributed by atoms with Crippen molar-refractivity contribution in [1.29, 1.82) is 0 Å². The van der Waals surface area contributed by atoms with E-state index in [9.17, 15) is 0 Å². The third-order valence-corrected chi connectivity index (χ3v) is 2.44. The first kappa shape index (κ1) is 6.25. The summed E-state index contributed by atoms with van der Waals surface area (Å²) in [6, 6.07) is 3.90. The number of halogens is 1. The SMILES string of the molecule is Cc1cc2cc(Cl)oc2s1. The highest BCUT2D eigenvalue weighted by Crippen LogP contribution is 2.29. The van der Waals surface area contributed by atoms with E-state index in [2.05, 4.69) is 6.07 Å². The number of hydrogen-bond donors (Lipinski definition) is 0. The molecule has 0 saturated heterocycles.